The molecular weight excluding hydrogens is 433 g/mol. The molecule has 0 radical (unpaired) electrons. The molecule has 0 bridgehead atoms. The SMILES string of the molecule is Cc1ccc(C#Cc2ccc3c(c2)oc2cc(C#Cc4ccc(C(F)(F)F)cc4)ccc23)cc1. The van der Waals surface area contributed by atoms with Gasteiger partial charge in [0.15, 0.2) is 0 Å². The highest BCUT2D eigenvalue weighted by atomic mass is 19.4. The van der Waals surface area contributed by atoms with Crippen LogP contribution in [0, 0.1) is 30.6 Å². The molecule has 5 rings (SSSR count). The van der Waals surface area contributed by atoms with Crippen molar-refractivity contribution in [2.24, 2.45) is 0 Å². The van der Waals surface area contributed by atoms with Crippen molar-refractivity contribution in [1.29, 1.82) is 0 Å². The first-order valence-corrected chi connectivity index (χ1v) is 10.6. The number of aryl methyl sites for hydroxylation is 1. The molecule has 1 nitrogen and oxygen atoms in total. The number of hydrogen-bond donors (Lipinski definition) is 0. The molecule has 0 aliphatic heterocycles. The smallest absolute Gasteiger partial charge is 0.416 e. The highest BCUT2D eigenvalue weighted by molar-refractivity contribution is 6.05. The summed E-state index contributed by atoms with van der Waals surface area (Å²) in [6, 6.07) is 24.4. The van der Waals surface area contributed by atoms with Crippen molar-refractivity contribution >= 4 is 21.9 Å². The maximum atomic E-state index is 12.7. The van der Waals surface area contributed by atoms with E-state index in [1.54, 1.807) is 0 Å². The first-order chi connectivity index (χ1) is 16.3. The average Bonchev–Trinajstić information content (AvgIpc) is 3.19. The second kappa shape index (κ2) is 8.50. The van der Waals surface area contributed by atoms with Crippen molar-refractivity contribution in [3.8, 4) is 23.7 Å². The van der Waals surface area contributed by atoms with E-state index in [1.165, 1.54) is 17.7 Å². The summed E-state index contributed by atoms with van der Waals surface area (Å²) in [7, 11) is 0. The van der Waals surface area contributed by atoms with Gasteiger partial charge < -0.3 is 4.42 Å². The Hall–Kier alpha value is -4.41. The second-order valence-electron chi connectivity index (χ2n) is 7.97. The Labute approximate surface area is 194 Å². The monoisotopic (exact) mass is 450 g/mol. The zero-order chi connectivity index (χ0) is 23.7. The molecule has 1 aromatic heterocycles. The first kappa shape index (κ1) is 21.4. The van der Waals surface area contributed by atoms with Crippen LogP contribution in [0.15, 0.2) is 89.3 Å². The quantitative estimate of drug-likeness (QED) is 0.220. The molecule has 4 aromatic carbocycles. The summed E-state index contributed by atoms with van der Waals surface area (Å²) in [6.45, 7) is 2.04. The number of rotatable bonds is 0. The van der Waals surface area contributed by atoms with Crippen LogP contribution in [-0.4, -0.2) is 0 Å². The minimum absolute atomic E-state index is 0.509. The van der Waals surface area contributed by atoms with E-state index >= 15 is 0 Å². The lowest BCUT2D eigenvalue weighted by molar-refractivity contribution is -0.137. The van der Waals surface area contributed by atoms with Crippen molar-refractivity contribution in [1.82, 2.24) is 0 Å². The van der Waals surface area contributed by atoms with Crippen molar-refractivity contribution in [3.63, 3.8) is 0 Å². The van der Waals surface area contributed by atoms with E-state index in [-0.39, 0.29) is 0 Å². The van der Waals surface area contributed by atoms with Gasteiger partial charge in [0, 0.05) is 33.0 Å². The summed E-state index contributed by atoms with van der Waals surface area (Å²) in [5.41, 5.74) is 4.96. The molecule has 1 heterocycles. The molecule has 5 aromatic rings. The average molecular weight is 450 g/mol. The van der Waals surface area contributed by atoms with E-state index < -0.39 is 11.7 Å². The number of benzene rings is 4. The van der Waals surface area contributed by atoms with Crippen LogP contribution in [0.4, 0.5) is 13.2 Å². The highest BCUT2D eigenvalue weighted by Gasteiger charge is 2.29. The lowest BCUT2D eigenvalue weighted by atomic mass is 10.1. The van der Waals surface area contributed by atoms with E-state index in [2.05, 4.69) is 23.7 Å². The van der Waals surface area contributed by atoms with Crippen LogP contribution in [0.3, 0.4) is 0 Å². The molecular formula is C30H17F3O. The summed E-state index contributed by atoms with van der Waals surface area (Å²) in [6.07, 6.45) is -4.36. The van der Waals surface area contributed by atoms with Crippen LogP contribution in [-0.2, 0) is 6.18 Å². The number of hydrogen-bond acceptors (Lipinski definition) is 1. The first-order valence-electron chi connectivity index (χ1n) is 10.6. The third kappa shape index (κ3) is 4.53. The molecule has 0 aliphatic rings. The largest absolute Gasteiger partial charge is 0.456 e. The molecule has 0 unspecified atom stereocenters. The standard InChI is InChI=1S/C30H17F3O/c1-20-2-4-21(5-3-20)6-8-23-12-16-26-27-17-13-24(19-29(27)34-28(26)18-23)9-7-22-10-14-25(15-11-22)30(31,32)33/h2-5,10-19H,1H3. The topological polar surface area (TPSA) is 13.1 Å². The zero-order valence-electron chi connectivity index (χ0n) is 18.1. The zero-order valence-corrected chi connectivity index (χ0v) is 18.1. The molecule has 0 amide bonds. The molecule has 34 heavy (non-hydrogen) atoms. The van der Waals surface area contributed by atoms with Gasteiger partial charge >= 0.3 is 6.18 Å². The molecule has 0 saturated heterocycles. The molecule has 164 valence electrons. The van der Waals surface area contributed by atoms with Crippen molar-refractivity contribution in [2.45, 2.75) is 13.1 Å². The van der Waals surface area contributed by atoms with Gasteiger partial charge in [0.1, 0.15) is 11.2 Å². The second-order valence-corrected chi connectivity index (χ2v) is 7.97. The maximum absolute atomic E-state index is 12.7. The fourth-order valence-corrected chi connectivity index (χ4v) is 3.60. The predicted octanol–water partition coefficient (Wildman–Crippen LogP) is 7.71. The van der Waals surface area contributed by atoms with Gasteiger partial charge in [-0.25, -0.2) is 0 Å². The summed E-state index contributed by atoms with van der Waals surface area (Å²) in [5, 5.41) is 1.95. The van der Waals surface area contributed by atoms with Gasteiger partial charge in [-0.1, -0.05) is 41.4 Å². The van der Waals surface area contributed by atoms with Gasteiger partial charge in [0.05, 0.1) is 5.56 Å². The molecule has 0 aliphatic carbocycles. The molecule has 0 atom stereocenters. The lowest BCUT2D eigenvalue weighted by Crippen LogP contribution is -2.04. The van der Waals surface area contributed by atoms with Crippen LogP contribution in [0.25, 0.3) is 21.9 Å². The number of alkyl halides is 3. The van der Waals surface area contributed by atoms with Gasteiger partial charge in [-0.2, -0.15) is 13.2 Å². The van der Waals surface area contributed by atoms with Crippen molar-refractivity contribution in [2.75, 3.05) is 0 Å². The molecule has 0 N–H and O–H groups in total. The summed E-state index contributed by atoms with van der Waals surface area (Å²) < 4.78 is 44.2. The van der Waals surface area contributed by atoms with Gasteiger partial charge in [-0.3, -0.25) is 0 Å². The van der Waals surface area contributed by atoms with Crippen LogP contribution < -0.4 is 0 Å². The van der Waals surface area contributed by atoms with Gasteiger partial charge in [0.25, 0.3) is 0 Å². The number of halogens is 3. The van der Waals surface area contributed by atoms with Gasteiger partial charge in [-0.05, 0) is 79.7 Å². The molecule has 0 fully saturated rings. The van der Waals surface area contributed by atoms with Gasteiger partial charge in [0.2, 0.25) is 0 Å². The van der Waals surface area contributed by atoms with E-state index in [0.29, 0.717) is 16.7 Å². The Kier molecular flexibility index (Phi) is 5.36. The van der Waals surface area contributed by atoms with Crippen molar-refractivity contribution < 1.29 is 17.6 Å². The predicted molar refractivity (Wildman–Crippen MR) is 128 cm³/mol. The fourth-order valence-electron chi connectivity index (χ4n) is 3.60. The van der Waals surface area contributed by atoms with E-state index in [4.69, 9.17) is 4.42 Å². The summed E-state index contributed by atoms with van der Waals surface area (Å²) in [4.78, 5) is 0. The van der Waals surface area contributed by atoms with E-state index in [9.17, 15) is 13.2 Å². The Bertz CT molecular complexity index is 1630. The van der Waals surface area contributed by atoms with E-state index in [0.717, 1.165) is 39.6 Å². The fraction of sp³-hybridized carbons (Fsp3) is 0.0667. The summed E-state index contributed by atoms with van der Waals surface area (Å²) in [5.74, 6) is 12.2. The lowest BCUT2D eigenvalue weighted by Gasteiger charge is -2.05. The highest BCUT2D eigenvalue weighted by Crippen LogP contribution is 2.30. The molecule has 4 heteroatoms. The number of furan rings is 1. The van der Waals surface area contributed by atoms with Crippen molar-refractivity contribution in [3.05, 3.63) is 118 Å². The van der Waals surface area contributed by atoms with Crippen LogP contribution in [0.1, 0.15) is 33.4 Å². The molecule has 0 saturated carbocycles. The Morgan fingerprint density at radius 3 is 1.44 bits per heavy atom. The Morgan fingerprint density at radius 1 is 0.559 bits per heavy atom. The normalized spacial score (nSPS) is 11.1. The number of fused-ring (bicyclic) bond motifs is 3. The minimum atomic E-state index is -4.36. The summed E-state index contributed by atoms with van der Waals surface area (Å²) >= 11 is 0. The third-order valence-corrected chi connectivity index (χ3v) is 5.44. The Balaban J connectivity index is 1.42. The van der Waals surface area contributed by atoms with Crippen LogP contribution >= 0.6 is 0 Å². The molecule has 0 spiro atoms. The Morgan fingerprint density at radius 2 is 0.971 bits per heavy atom. The van der Waals surface area contributed by atoms with E-state index in [1.807, 2.05) is 67.6 Å². The third-order valence-electron chi connectivity index (χ3n) is 5.44. The van der Waals surface area contributed by atoms with Gasteiger partial charge in [-0.15, -0.1) is 0 Å². The maximum Gasteiger partial charge on any atom is 0.416 e. The van der Waals surface area contributed by atoms with Crippen LogP contribution in [0.5, 0.6) is 0 Å². The van der Waals surface area contributed by atoms with Crippen LogP contribution in [0.2, 0.25) is 0 Å². The minimum Gasteiger partial charge on any atom is -0.456 e.